The molecule has 1 heterocycles. The zero-order chi connectivity index (χ0) is 12.8. The van der Waals surface area contributed by atoms with E-state index in [0.717, 1.165) is 48.3 Å². The number of hydrogen-bond donors (Lipinski definition) is 0. The van der Waals surface area contributed by atoms with Crippen LogP contribution >= 0.6 is 11.6 Å². The quantitative estimate of drug-likeness (QED) is 0.716. The van der Waals surface area contributed by atoms with E-state index in [1.165, 1.54) is 0 Å². The molecule has 0 amide bonds. The summed E-state index contributed by atoms with van der Waals surface area (Å²) in [6.45, 7) is 6.25. The molecule has 17 heavy (non-hydrogen) atoms. The zero-order valence-electron chi connectivity index (χ0n) is 11.2. The van der Waals surface area contributed by atoms with Crippen molar-refractivity contribution in [2.75, 3.05) is 7.11 Å². The van der Waals surface area contributed by atoms with Gasteiger partial charge in [0.15, 0.2) is 0 Å². The number of alkyl halides is 1. The van der Waals surface area contributed by atoms with Gasteiger partial charge in [-0.1, -0.05) is 13.3 Å². The molecule has 3 heteroatoms. The van der Waals surface area contributed by atoms with Crippen molar-refractivity contribution >= 4 is 11.6 Å². The summed E-state index contributed by atoms with van der Waals surface area (Å²) in [5, 5.41) is 0.258. The lowest BCUT2D eigenvalue weighted by molar-refractivity contribution is 0.406. The van der Waals surface area contributed by atoms with Crippen molar-refractivity contribution in [3.63, 3.8) is 0 Å². The Hall–Kier alpha value is -0.760. The molecule has 1 atom stereocenters. The molecular weight excluding hydrogens is 234 g/mol. The molecule has 0 saturated carbocycles. The summed E-state index contributed by atoms with van der Waals surface area (Å²) >= 11 is 6.23. The van der Waals surface area contributed by atoms with Gasteiger partial charge in [0, 0.05) is 28.4 Å². The third kappa shape index (κ3) is 3.88. The van der Waals surface area contributed by atoms with Crippen molar-refractivity contribution in [2.45, 2.75) is 51.8 Å². The molecule has 0 saturated heterocycles. The third-order valence-corrected chi connectivity index (χ3v) is 3.48. The summed E-state index contributed by atoms with van der Waals surface area (Å²) in [6.07, 6.45) is 6.00. The van der Waals surface area contributed by atoms with E-state index in [0.29, 0.717) is 0 Å². The van der Waals surface area contributed by atoms with Crippen LogP contribution in [0.2, 0.25) is 0 Å². The highest BCUT2D eigenvalue weighted by Crippen LogP contribution is 2.25. The van der Waals surface area contributed by atoms with Crippen LogP contribution in [0.25, 0.3) is 0 Å². The predicted octanol–water partition coefficient (Wildman–Crippen LogP) is 4.05. The smallest absolute Gasteiger partial charge is 0.128 e. The molecule has 96 valence electrons. The molecule has 0 aliphatic carbocycles. The van der Waals surface area contributed by atoms with E-state index in [1.807, 2.05) is 13.1 Å². The van der Waals surface area contributed by atoms with Crippen LogP contribution in [0.3, 0.4) is 0 Å². The molecular formula is C14H22ClNO. The van der Waals surface area contributed by atoms with Gasteiger partial charge in [0.2, 0.25) is 0 Å². The molecule has 1 aromatic rings. The van der Waals surface area contributed by atoms with Gasteiger partial charge in [0.1, 0.15) is 5.75 Å². The Bertz CT molecular complexity index is 365. The van der Waals surface area contributed by atoms with Gasteiger partial charge in [-0.25, -0.2) is 0 Å². The molecule has 0 aliphatic rings. The van der Waals surface area contributed by atoms with Crippen LogP contribution in [0.1, 0.15) is 43.0 Å². The average Bonchev–Trinajstić information content (AvgIpc) is 2.29. The Morgan fingerprint density at radius 3 is 2.65 bits per heavy atom. The molecule has 0 aliphatic heterocycles. The van der Waals surface area contributed by atoms with Crippen molar-refractivity contribution < 1.29 is 4.74 Å². The molecule has 1 aromatic heterocycles. The highest BCUT2D eigenvalue weighted by Gasteiger charge is 2.11. The van der Waals surface area contributed by atoms with Crippen LogP contribution in [0, 0.1) is 13.8 Å². The van der Waals surface area contributed by atoms with Gasteiger partial charge in [-0.15, -0.1) is 11.6 Å². The summed E-state index contributed by atoms with van der Waals surface area (Å²) in [5.74, 6) is 0.955. The first-order chi connectivity index (χ1) is 8.10. The average molecular weight is 256 g/mol. The lowest BCUT2D eigenvalue weighted by atomic mass is 10.0. The maximum atomic E-state index is 6.23. The van der Waals surface area contributed by atoms with Crippen LogP contribution in [-0.4, -0.2) is 17.5 Å². The summed E-state index contributed by atoms with van der Waals surface area (Å²) in [7, 11) is 1.71. The monoisotopic (exact) mass is 255 g/mol. The van der Waals surface area contributed by atoms with Gasteiger partial charge < -0.3 is 4.74 Å². The van der Waals surface area contributed by atoms with E-state index >= 15 is 0 Å². The highest BCUT2D eigenvalue weighted by atomic mass is 35.5. The first-order valence-electron chi connectivity index (χ1n) is 6.23. The Balaban J connectivity index is 2.72. The third-order valence-electron chi connectivity index (χ3n) is 3.05. The fourth-order valence-electron chi connectivity index (χ4n) is 2.07. The second-order valence-electron chi connectivity index (χ2n) is 4.47. The zero-order valence-corrected chi connectivity index (χ0v) is 12.0. The summed E-state index contributed by atoms with van der Waals surface area (Å²) in [5.41, 5.74) is 3.34. The minimum absolute atomic E-state index is 0.258. The number of nitrogens with zero attached hydrogens (tertiary/aromatic N) is 1. The minimum Gasteiger partial charge on any atom is -0.496 e. The Kier molecular flexibility index (Phi) is 5.76. The van der Waals surface area contributed by atoms with Gasteiger partial charge >= 0.3 is 0 Å². The van der Waals surface area contributed by atoms with E-state index in [4.69, 9.17) is 16.3 Å². The van der Waals surface area contributed by atoms with E-state index in [9.17, 15) is 0 Å². The van der Waals surface area contributed by atoms with Crippen LogP contribution < -0.4 is 4.74 Å². The maximum absolute atomic E-state index is 6.23. The maximum Gasteiger partial charge on any atom is 0.128 e. The van der Waals surface area contributed by atoms with Crippen LogP contribution in [0.4, 0.5) is 0 Å². The molecule has 0 radical (unpaired) electrons. The number of aromatic nitrogens is 1. The number of rotatable bonds is 6. The van der Waals surface area contributed by atoms with Gasteiger partial charge in [-0.2, -0.15) is 0 Å². The molecule has 0 bridgehead atoms. The SMILES string of the molecule is CCCC(Cl)CCc1ncc(C)c(OC)c1C. The molecule has 0 spiro atoms. The van der Waals surface area contributed by atoms with Crippen molar-refractivity contribution in [2.24, 2.45) is 0 Å². The molecule has 0 fully saturated rings. The number of halogens is 1. The van der Waals surface area contributed by atoms with E-state index in [-0.39, 0.29) is 5.38 Å². The standard InChI is InChI=1S/C14H22ClNO/c1-5-6-12(15)7-8-13-11(3)14(17-4)10(2)9-16-13/h9,12H,5-8H2,1-4H3. The highest BCUT2D eigenvalue weighted by molar-refractivity contribution is 6.20. The van der Waals surface area contributed by atoms with E-state index < -0.39 is 0 Å². The van der Waals surface area contributed by atoms with Gasteiger partial charge in [0.05, 0.1) is 7.11 Å². The van der Waals surface area contributed by atoms with Crippen LogP contribution in [-0.2, 0) is 6.42 Å². The molecule has 0 aromatic carbocycles. The van der Waals surface area contributed by atoms with Crippen molar-refractivity contribution in [3.05, 3.63) is 23.0 Å². The fourth-order valence-corrected chi connectivity index (χ4v) is 2.40. The first-order valence-corrected chi connectivity index (χ1v) is 6.66. The van der Waals surface area contributed by atoms with Gasteiger partial charge in [0.25, 0.3) is 0 Å². The minimum atomic E-state index is 0.258. The fraction of sp³-hybridized carbons (Fsp3) is 0.643. The topological polar surface area (TPSA) is 22.1 Å². The number of methoxy groups -OCH3 is 1. The van der Waals surface area contributed by atoms with Crippen molar-refractivity contribution in [1.29, 1.82) is 0 Å². The second kappa shape index (κ2) is 6.85. The molecule has 1 rings (SSSR count). The number of aryl methyl sites for hydroxylation is 2. The van der Waals surface area contributed by atoms with Crippen molar-refractivity contribution in [1.82, 2.24) is 4.98 Å². The molecule has 2 nitrogen and oxygen atoms in total. The second-order valence-corrected chi connectivity index (χ2v) is 5.09. The number of ether oxygens (including phenoxy) is 1. The van der Waals surface area contributed by atoms with Crippen LogP contribution in [0.15, 0.2) is 6.20 Å². The van der Waals surface area contributed by atoms with Gasteiger partial charge in [-0.05, 0) is 33.1 Å². The van der Waals surface area contributed by atoms with Crippen LogP contribution in [0.5, 0.6) is 5.75 Å². The van der Waals surface area contributed by atoms with E-state index in [1.54, 1.807) is 7.11 Å². The lowest BCUT2D eigenvalue weighted by Crippen LogP contribution is -2.04. The molecule has 1 unspecified atom stereocenters. The van der Waals surface area contributed by atoms with Gasteiger partial charge in [-0.3, -0.25) is 4.98 Å². The summed E-state index contributed by atoms with van der Waals surface area (Å²) in [4.78, 5) is 4.48. The Labute approximate surface area is 109 Å². The Morgan fingerprint density at radius 2 is 2.06 bits per heavy atom. The largest absolute Gasteiger partial charge is 0.496 e. The first kappa shape index (κ1) is 14.3. The van der Waals surface area contributed by atoms with Crippen molar-refractivity contribution in [3.8, 4) is 5.75 Å². The summed E-state index contributed by atoms with van der Waals surface area (Å²) in [6, 6.07) is 0. The van der Waals surface area contributed by atoms with E-state index in [2.05, 4.69) is 18.8 Å². The normalized spacial score (nSPS) is 12.5. The lowest BCUT2D eigenvalue weighted by Gasteiger charge is -2.13. The summed E-state index contributed by atoms with van der Waals surface area (Å²) < 4.78 is 5.40. The molecule has 0 N–H and O–H groups in total. The predicted molar refractivity (Wildman–Crippen MR) is 73.1 cm³/mol. The number of hydrogen-bond acceptors (Lipinski definition) is 2. The number of pyridine rings is 1. The Morgan fingerprint density at radius 1 is 1.35 bits per heavy atom.